The molecule has 0 saturated heterocycles. The van der Waals surface area contributed by atoms with Crippen molar-refractivity contribution >= 4 is 5.91 Å². The van der Waals surface area contributed by atoms with Gasteiger partial charge in [-0.2, -0.15) is 0 Å². The Labute approximate surface area is 96.6 Å². The summed E-state index contributed by atoms with van der Waals surface area (Å²) in [7, 11) is 3.56. The van der Waals surface area contributed by atoms with Gasteiger partial charge in [-0.05, 0) is 40.0 Å². The number of furan rings is 1. The van der Waals surface area contributed by atoms with E-state index < -0.39 is 5.54 Å². The summed E-state index contributed by atoms with van der Waals surface area (Å²) in [5.41, 5.74) is -0.545. The Morgan fingerprint density at radius 3 is 2.56 bits per heavy atom. The van der Waals surface area contributed by atoms with Crippen LogP contribution in [-0.2, 0) is 11.3 Å². The van der Waals surface area contributed by atoms with E-state index in [0.29, 0.717) is 6.54 Å². The third-order valence-electron chi connectivity index (χ3n) is 2.70. The fourth-order valence-corrected chi connectivity index (χ4v) is 1.46. The Hall–Kier alpha value is -1.29. The summed E-state index contributed by atoms with van der Waals surface area (Å²) in [6.45, 7) is 6.11. The van der Waals surface area contributed by atoms with Gasteiger partial charge in [-0.1, -0.05) is 0 Å². The van der Waals surface area contributed by atoms with Crippen LogP contribution in [0.4, 0.5) is 0 Å². The van der Waals surface area contributed by atoms with Crippen LogP contribution in [0.3, 0.4) is 0 Å². The lowest BCUT2D eigenvalue weighted by Gasteiger charge is -2.28. The summed E-state index contributed by atoms with van der Waals surface area (Å²) in [6, 6.07) is 3.79. The molecule has 4 heteroatoms. The largest absolute Gasteiger partial charge is 0.464 e. The van der Waals surface area contributed by atoms with Gasteiger partial charge in [-0.3, -0.25) is 4.79 Å². The van der Waals surface area contributed by atoms with Crippen LogP contribution < -0.4 is 5.32 Å². The average Bonchev–Trinajstić information content (AvgIpc) is 2.62. The van der Waals surface area contributed by atoms with Gasteiger partial charge in [-0.15, -0.1) is 0 Å². The SMILES string of the molecule is CNC(C)(C)C(=O)N(C)Cc1ccc(C)o1. The Kier molecular flexibility index (Phi) is 3.75. The summed E-state index contributed by atoms with van der Waals surface area (Å²) in [4.78, 5) is 13.7. The van der Waals surface area contributed by atoms with Gasteiger partial charge in [0.05, 0.1) is 12.1 Å². The molecule has 1 heterocycles. The van der Waals surface area contributed by atoms with Crippen molar-refractivity contribution in [2.75, 3.05) is 14.1 Å². The van der Waals surface area contributed by atoms with Crippen molar-refractivity contribution in [2.45, 2.75) is 32.9 Å². The molecular formula is C12H20N2O2. The van der Waals surface area contributed by atoms with Gasteiger partial charge in [0.2, 0.25) is 5.91 Å². The van der Waals surface area contributed by atoms with Crippen LogP contribution in [0, 0.1) is 6.92 Å². The molecule has 0 aliphatic heterocycles. The van der Waals surface area contributed by atoms with E-state index in [9.17, 15) is 4.79 Å². The first-order valence-corrected chi connectivity index (χ1v) is 5.36. The minimum Gasteiger partial charge on any atom is -0.464 e. The number of rotatable bonds is 4. The first-order valence-electron chi connectivity index (χ1n) is 5.36. The van der Waals surface area contributed by atoms with Crippen molar-refractivity contribution in [3.05, 3.63) is 23.7 Å². The van der Waals surface area contributed by atoms with Crippen molar-refractivity contribution in [3.8, 4) is 0 Å². The van der Waals surface area contributed by atoms with Crippen LogP contribution in [0.25, 0.3) is 0 Å². The van der Waals surface area contributed by atoms with Crippen molar-refractivity contribution in [1.29, 1.82) is 0 Å². The number of hydrogen-bond acceptors (Lipinski definition) is 3. The quantitative estimate of drug-likeness (QED) is 0.844. The fourth-order valence-electron chi connectivity index (χ4n) is 1.46. The minimum atomic E-state index is -0.545. The van der Waals surface area contributed by atoms with Crippen LogP contribution in [0.5, 0.6) is 0 Å². The number of nitrogens with zero attached hydrogens (tertiary/aromatic N) is 1. The van der Waals surface area contributed by atoms with E-state index in [1.165, 1.54) is 0 Å². The highest BCUT2D eigenvalue weighted by atomic mass is 16.3. The maximum Gasteiger partial charge on any atom is 0.242 e. The number of likely N-dealkylation sites (N-methyl/N-ethyl adjacent to an activating group) is 2. The number of hydrogen-bond donors (Lipinski definition) is 1. The summed E-state index contributed by atoms with van der Waals surface area (Å²) in [5.74, 6) is 1.72. The molecule has 0 spiro atoms. The lowest BCUT2D eigenvalue weighted by atomic mass is 10.0. The van der Waals surface area contributed by atoms with Crippen molar-refractivity contribution in [2.24, 2.45) is 0 Å². The summed E-state index contributed by atoms with van der Waals surface area (Å²) >= 11 is 0. The maximum atomic E-state index is 12.0. The van der Waals surface area contributed by atoms with E-state index in [0.717, 1.165) is 11.5 Å². The third kappa shape index (κ3) is 2.85. The number of nitrogens with one attached hydrogen (secondary N) is 1. The topological polar surface area (TPSA) is 45.5 Å². The number of amides is 1. The lowest BCUT2D eigenvalue weighted by Crippen LogP contribution is -2.51. The molecule has 0 atom stereocenters. The second-order valence-corrected chi connectivity index (χ2v) is 4.55. The zero-order valence-electron chi connectivity index (χ0n) is 10.6. The highest BCUT2D eigenvalue weighted by Gasteiger charge is 2.28. The Morgan fingerprint density at radius 2 is 2.12 bits per heavy atom. The molecule has 4 nitrogen and oxygen atoms in total. The molecule has 1 N–H and O–H groups in total. The fraction of sp³-hybridized carbons (Fsp3) is 0.583. The van der Waals surface area contributed by atoms with Gasteiger partial charge in [0.1, 0.15) is 11.5 Å². The van der Waals surface area contributed by atoms with E-state index in [4.69, 9.17) is 4.42 Å². The predicted octanol–water partition coefficient (Wildman–Crippen LogP) is 1.54. The molecule has 1 rings (SSSR count). The summed E-state index contributed by atoms with van der Waals surface area (Å²) in [6.07, 6.45) is 0. The van der Waals surface area contributed by atoms with Crippen molar-refractivity contribution < 1.29 is 9.21 Å². The predicted molar refractivity (Wildman–Crippen MR) is 63.1 cm³/mol. The standard InChI is InChI=1S/C12H20N2O2/c1-9-6-7-10(16-9)8-14(5)11(15)12(2,3)13-4/h6-7,13H,8H2,1-5H3. The van der Waals surface area contributed by atoms with Gasteiger partial charge >= 0.3 is 0 Å². The van der Waals surface area contributed by atoms with Gasteiger partial charge in [-0.25, -0.2) is 0 Å². The zero-order chi connectivity index (χ0) is 12.3. The number of aryl methyl sites for hydroxylation is 1. The monoisotopic (exact) mass is 224 g/mol. The van der Waals surface area contributed by atoms with E-state index in [-0.39, 0.29) is 5.91 Å². The normalized spacial score (nSPS) is 11.6. The zero-order valence-corrected chi connectivity index (χ0v) is 10.6. The minimum absolute atomic E-state index is 0.0454. The average molecular weight is 224 g/mol. The molecule has 16 heavy (non-hydrogen) atoms. The summed E-state index contributed by atoms with van der Waals surface area (Å²) < 4.78 is 5.44. The lowest BCUT2D eigenvalue weighted by molar-refractivity contribution is -0.136. The van der Waals surface area contributed by atoms with Crippen molar-refractivity contribution in [3.63, 3.8) is 0 Å². The molecular weight excluding hydrogens is 204 g/mol. The molecule has 90 valence electrons. The summed E-state index contributed by atoms with van der Waals surface area (Å²) in [5, 5.41) is 2.99. The highest BCUT2D eigenvalue weighted by Crippen LogP contribution is 2.12. The number of carbonyl (C=O) groups is 1. The van der Waals surface area contributed by atoms with Gasteiger partial charge < -0.3 is 14.6 Å². The van der Waals surface area contributed by atoms with Crippen LogP contribution in [0.15, 0.2) is 16.5 Å². The molecule has 0 unspecified atom stereocenters. The number of carbonyl (C=O) groups excluding carboxylic acids is 1. The smallest absolute Gasteiger partial charge is 0.242 e. The first kappa shape index (κ1) is 12.8. The molecule has 1 aromatic heterocycles. The van der Waals surface area contributed by atoms with Crippen LogP contribution >= 0.6 is 0 Å². The molecule has 1 amide bonds. The molecule has 0 saturated carbocycles. The van der Waals surface area contributed by atoms with Crippen molar-refractivity contribution in [1.82, 2.24) is 10.2 Å². The second-order valence-electron chi connectivity index (χ2n) is 4.55. The van der Waals surface area contributed by atoms with Crippen LogP contribution in [0.2, 0.25) is 0 Å². The Balaban J connectivity index is 2.65. The maximum absolute atomic E-state index is 12.0. The van der Waals surface area contributed by atoms with E-state index >= 15 is 0 Å². The molecule has 0 bridgehead atoms. The van der Waals surface area contributed by atoms with Gasteiger partial charge in [0, 0.05) is 7.05 Å². The molecule has 0 aromatic carbocycles. The van der Waals surface area contributed by atoms with Crippen LogP contribution in [0.1, 0.15) is 25.4 Å². The Bertz CT molecular complexity index is 369. The molecule has 1 aromatic rings. The third-order valence-corrected chi connectivity index (χ3v) is 2.70. The molecule has 0 aliphatic carbocycles. The van der Waals surface area contributed by atoms with Crippen LogP contribution in [-0.4, -0.2) is 30.4 Å². The highest BCUT2D eigenvalue weighted by molar-refractivity contribution is 5.85. The van der Waals surface area contributed by atoms with E-state index in [2.05, 4.69) is 5.32 Å². The first-order chi connectivity index (χ1) is 7.36. The van der Waals surface area contributed by atoms with Gasteiger partial charge in [0.25, 0.3) is 0 Å². The Morgan fingerprint density at radius 1 is 1.50 bits per heavy atom. The molecule has 0 fully saturated rings. The van der Waals surface area contributed by atoms with E-state index in [1.807, 2.05) is 32.9 Å². The molecule has 0 radical (unpaired) electrons. The van der Waals surface area contributed by atoms with Gasteiger partial charge in [0.15, 0.2) is 0 Å². The molecule has 0 aliphatic rings. The second kappa shape index (κ2) is 4.70. The van der Waals surface area contributed by atoms with E-state index in [1.54, 1.807) is 19.0 Å².